The van der Waals surface area contributed by atoms with E-state index in [1.807, 2.05) is 36.4 Å². The summed E-state index contributed by atoms with van der Waals surface area (Å²) in [6, 6.07) is 16.1. The van der Waals surface area contributed by atoms with E-state index in [0.717, 1.165) is 37.3 Å². The molecule has 2 rings (SSSR count). The lowest BCUT2D eigenvalue weighted by Crippen LogP contribution is -2.28. The van der Waals surface area contributed by atoms with Gasteiger partial charge in [0.05, 0.1) is 11.4 Å². The summed E-state index contributed by atoms with van der Waals surface area (Å²) in [4.78, 5) is 2.32. The fraction of sp³-hybridized carbons (Fsp3) is 0.368. The minimum Gasteiger partial charge on any atom is -0.371 e. The lowest BCUT2D eigenvalue weighted by molar-refractivity contribution is 0.702. The minimum atomic E-state index is 0.696. The Hall–Kier alpha value is -2.24. The van der Waals surface area contributed by atoms with Gasteiger partial charge in [0.25, 0.3) is 0 Å². The first kappa shape index (κ1) is 18.1. The number of benzene rings is 2. The number of hydrogen-bond acceptors (Lipinski definition) is 5. The molecule has 0 saturated heterocycles. The van der Waals surface area contributed by atoms with Crippen molar-refractivity contribution in [3.63, 3.8) is 0 Å². The van der Waals surface area contributed by atoms with Gasteiger partial charge in [-0.15, -0.1) is 0 Å². The number of hydrogen-bond donors (Lipinski definition) is 2. The highest BCUT2D eigenvalue weighted by Crippen LogP contribution is 2.22. The molecule has 0 radical (unpaired) electrons. The smallest absolute Gasteiger partial charge is 0.0858 e. The first-order valence-corrected chi connectivity index (χ1v) is 8.46. The van der Waals surface area contributed by atoms with Gasteiger partial charge >= 0.3 is 0 Å². The van der Waals surface area contributed by atoms with Gasteiger partial charge in [-0.05, 0) is 69.3 Å². The Morgan fingerprint density at radius 2 is 1.21 bits per heavy atom. The molecule has 0 aliphatic heterocycles. The van der Waals surface area contributed by atoms with Gasteiger partial charge in [-0.1, -0.05) is 17.7 Å². The molecule has 5 heteroatoms. The second-order valence-electron chi connectivity index (χ2n) is 5.82. The third-order valence-corrected chi connectivity index (χ3v) is 3.79. The Balaban J connectivity index is 2.03. The van der Waals surface area contributed by atoms with Gasteiger partial charge in [0.2, 0.25) is 0 Å². The van der Waals surface area contributed by atoms with E-state index in [2.05, 4.69) is 34.2 Å². The average Bonchev–Trinajstić information content (AvgIpc) is 2.62. The van der Waals surface area contributed by atoms with Crippen LogP contribution < -0.4 is 16.4 Å². The van der Waals surface area contributed by atoms with Crippen LogP contribution in [-0.2, 0) is 0 Å². The van der Waals surface area contributed by atoms with Gasteiger partial charge in [-0.3, -0.25) is 0 Å². The molecule has 0 bridgehead atoms. The highest BCUT2D eigenvalue weighted by molar-refractivity contribution is 5.53. The zero-order chi connectivity index (χ0) is 17.2. The average molecular weight is 325 g/mol. The number of rotatable bonds is 9. The molecule has 5 nitrogen and oxygen atoms in total. The molecule has 0 aromatic heterocycles. The van der Waals surface area contributed by atoms with Crippen molar-refractivity contribution in [3.8, 4) is 0 Å². The fourth-order valence-electron chi connectivity index (χ4n) is 2.39. The van der Waals surface area contributed by atoms with Crippen molar-refractivity contribution in [1.82, 2.24) is 0 Å². The summed E-state index contributed by atoms with van der Waals surface area (Å²) < 4.78 is 0. The van der Waals surface area contributed by atoms with Crippen LogP contribution in [0.4, 0.5) is 17.1 Å². The molecule has 128 valence electrons. The first-order chi connectivity index (χ1) is 11.7. The number of nitrogens with zero attached hydrogens (tertiary/aromatic N) is 3. The summed E-state index contributed by atoms with van der Waals surface area (Å²) in [5.74, 6) is 0. The molecule has 2 aromatic carbocycles. The normalized spacial score (nSPS) is 11.1. The molecule has 0 heterocycles. The van der Waals surface area contributed by atoms with Crippen molar-refractivity contribution in [1.29, 1.82) is 0 Å². The van der Waals surface area contributed by atoms with E-state index in [0.29, 0.717) is 13.1 Å². The van der Waals surface area contributed by atoms with Crippen molar-refractivity contribution in [3.05, 3.63) is 54.1 Å². The van der Waals surface area contributed by atoms with E-state index in [4.69, 9.17) is 11.5 Å². The molecule has 0 spiro atoms. The summed E-state index contributed by atoms with van der Waals surface area (Å²) in [6.45, 7) is 5.34. The topological polar surface area (TPSA) is 80.0 Å². The van der Waals surface area contributed by atoms with Crippen LogP contribution in [0.3, 0.4) is 0 Å². The van der Waals surface area contributed by atoms with E-state index in [1.54, 1.807) is 0 Å². The van der Waals surface area contributed by atoms with Gasteiger partial charge in [-0.2, -0.15) is 10.2 Å². The Labute approximate surface area is 144 Å². The van der Waals surface area contributed by atoms with Crippen LogP contribution in [0.5, 0.6) is 0 Å². The van der Waals surface area contributed by atoms with E-state index >= 15 is 0 Å². The van der Waals surface area contributed by atoms with Crippen molar-refractivity contribution < 1.29 is 0 Å². The SMILES string of the molecule is Cc1ccc(N=Nc2ccc(N(CCCN)CCCN)cc2)cc1. The lowest BCUT2D eigenvalue weighted by atomic mass is 10.2. The molecule has 0 fully saturated rings. The van der Waals surface area contributed by atoms with E-state index in [-0.39, 0.29) is 0 Å². The summed E-state index contributed by atoms with van der Waals surface area (Å²) in [6.07, 6.45) is 1.94. The zero-order valence-electron chi connectivity index (χ0n) is 14.4. The van der Waals surface area contributed by atoms with Gasteiger partial charge in [0, 0.05) is 18.8 Å². The highest BCUT2D eigenvalue weighted by atomic mass is 15.1. The predicted molar refractivity (Wildman–Crippen MR) is 101 cm³/mol. The molecule has 2 aromatic rings. The van der Waals surface area contributed by atoms with Crippen LogP contribution in [0.2, 0.25) is 0 Å². The fourth-order valence-corrected chi connectivity index (χ4v) is 2.39. The van der Waals surface area contributed by atoms with Gasteiger partial charge in [-0.25, -0.2) is 0 Å². The molecule has 0 amide bonds. The molecule has 24 heavy (non-hydrogen) atoms. The number of azo groups is 1. The third kappa shape index (κ3) is 5.76. The van der Waals surface area contributed by atoms with E-state index < -0.39 is 0 Å². The van der Waals surface area contributed by atoms with Gasteiger partial charge in [0.15, 0.2) is 0 Å². The Morgan fingerprint density at radius 3 is 1.67 bits per heavy atom. The van der Waals surface area contributed by atoms with Crippen LogP contribution >= 0.6 is 0 Å². The van der Waals surface area contributed by atoms with Gasteiger partial charge in [0.1, 0.15) is 0 Å². The number of anilines is 1. The molecule has 0 aliphatic rings. The maximum Gasteiger partial charge on any atom is 0.0858 e. The van der Waals surface area contributed by atoms with Crippen LogP contribution in [0.25, 0.3) is 0 Å². The third-order valence-electron chi connectivity index (χ3n) is 3.79. The van der Waals surface area contributed by atoms with Crippen molar-refractivity contribution >= 4 is 17.1 Å². The summed E-state index contributed by atoms with van der Waals surface area (Å²) in [5, 5.41) is 8.57. The largest absolute Gasteiger partial charge is 0.371 e. The zero-order valence-corrected chi connectivity index (χ0v) is 14.4. The molecular formula is C19H27N5. The molecule has 0 atom stereocenters. The minimum absolute atomic E-state index is 0.696. The highest BCUT2D eigenvalue weighted by Gasteiger charge is 2.05. The van der Waals surface area contributed by atoms with Crippen LogP contribution in [-0.4, -0.2) is 26.2 Å². The second kappa shape index (κ2) is 9.80. The van der Waals surface area contributed by atoms with E-state index in [1.165, 1.54) is 11.3 Å². The number of aryl methyl sites for hydroxylation is 1. The number of nitrogens with two attached hydrogens (primary N) is 2. The Kier molecular flexibility index (Phi) is 7.39. The van der Waals surface area contributed by atoms with Crippen molar-refractivity contribution in [2.24, 2.45) is 21.7 Å². The maximum absolute atomic E-state index is 5.63. The molecule has 0 saturated carbocycles. The molecule has 4 N–H and O–H groups in total. The molecule has 0 unspecified atom stereocenters. The van der Waals surface area contributed by atoms with Crippen LogP contribution in [0.15, 0.2) is 58.8 Å². The van der Waals surface area contributed by atoms with Gasteiger partial charge < -0.3 is 16.4 Å². The summed E-state index contributed by atoms with van der Waals surface area (Å²) >= 11 is 0. The van der Waals surface area contributed by atoms with Crippen molar-refractivity contribution in [2.45, 2.75) is 19.8 Å². The molecule has 0 aliphatic carbocycles. The predicted octanol–water partition coefficient (Wildman–Crippen LogP) is 3.91. The summed E-state index contributed by atoms with van der Waals surface area (Å²) in [5.41, 5.74) is 15.4. The summed E-state index contributed by atoms with van der Waals surface area (Å²) in [7, 11) is 0. The first-order valence-electron chi connectivity index (χ1n) is 8.46. The Bertz CT molecular complexity index is 611. The maximum atomic E-state index is 5.63. The quantitative estimate of drug-likeness (QED) is 0.686. The second-order valence-corrected chi connectivity index (χ2v) is 5.82. The standard InChI is InChI=1S/C19H27N5/c1-16-4-6-17(7-5-16)22-23-18-8-10-19(11-9-18)24(14-2-12-20)15-3-13-21/h4-11H,2-3,12-15,20-21H2,1H3. The Morgan fingerprint density at radius 1 is 0.750 bits per heavy atom. The van der Waals surface area contributed by atoms with Crippen molar-refractivity contribution in [2.75, 3.05) is 31.1 Å². The van der Waals surface area contributed by atoms with Crippen LogP contribution in [0, 0.1) is 6.92 Å². The lowest BCUT2D eigenvalue weighted by Gasteiger charge is -2.24. The monoisotopic (exact) mass is 325 g/mol. The molecular weight excluding hydrogens is 298 g/mol. The van der Waals surface area contributed by atoms with Crippen LogP contribution in [0.1, 0.15) is 18.4 Å². The van der Waals surface area contributed by atoms with E-state index in [9.17, 15) is 0 Å².